The number of aromatic nitrogens is 2. The zero-order valence-electron chi connectivity index (χ0n) is 16.9. The maximum absolute atomic E-state index is 13.8. The van der Waals surface area contributed by atoms with Crippen LogP contribution in [0.5, 0.6) is 0 Å². The first-order chi connectivity index (χ1) is 14.8. The van der Waals surface area contributed by atoms with Gasteiger partial charge >= 0.3 is 0 Å². The molecule has 7 heteroatoms. The van der Waals surface area contributed by atoms with Gasteiger partial charge in [-0.1, -0.05) is 30.3 Å². The molecule has 0 radical (unpaired) electrons. The molecule has 156 valence electrons. The number of hydroxylamine groups is 1. The number of fused-ring (bicyclic) bond motifs is 1. The fraction of sp³-hybridized carbons (Fsp3) is 0.125. The zero-order valence-corrected chi connectivity index (χ0v) is 16.9. The van der Waals surface area contributed by atoms with Crippen molar-refractivity contribution < 1.29 is 13.5 Å². The van der Waals surface area contributed by atoms with E-state index in [0.29, 0.717) is 27.6 Å². The molecule has 1 heterocycles. The van der Waals surface area contributed by atoms with E-state index in [2.05, 4.69) is 5.10 Å². The first kappa shape index (κ1) is 20.4. The van der Waals surface area contributed by atoms with Gasteiger partial charge in [-0.2, -0.15) is 9.78 Å². The van der Waals surface area contributed by atoms with Crippen LogP contribution in [0.4, 0.5) is 8.78 Å². The second-order valence-electron chi connectivity index (χ2n) is 7.45. The Balaban J connectivity index is 1.98. The first-order valence-corrected chi connectivity index (χ1v) is 9.73. The molecule has 0 spiro atoms. The standard InChI is InChI=1S/C24H19F2N3O2/c1-15(2)28(31)14-16-6-5-7-17(10-16)23-21-8-3-4-9-22(21)24(30)29(27-23)20-12-18(25)11-19(26)13-20/h3-15H,1-2H3/b28-14-. The Morgan fingerprint density at radius 3 is 2.32 bits per heavy atom. The predicted octanol–water partition coefficient (Wildman–Crippen LogP) is 4.67. The average molecular weight is 419 g/mol. The number of halogens is 2. The molecule has 0 aliphatic heterocycles. The molecule has 5 nitrogen and oxygen atoms in total. The Morgan fingerprint density at radius 1 is 0.968 bits per heavy atom. The summed E-state index contributed by atoms with van der Waals surface area (Å²) in [4.78, 5) is 13.0. The van der Waals surface area contributed by atoms with Crippen LogP contribution >= 0.6 is 0 Å². The SMILES string of the molecule is CC(C)/[N+]([O-])=C/c1cccc(-c2nn(-c3cc(F)cc(F)c3)c(=O)c3ccccc23)c1. The molecule has 0 saturated carbocycles. The zero-order chi connectivity index (χ0) is 22.1. The van der Waals surface area contributed by atoms with E-state index in [0.717, 1.165) is 27.6 Å². The lowest BCUT2D eigenvalue weighted by Crippen LogP contribution is -2.22. The van der Waals surface area contributed by atoms with Gasteiger partial charge < -0.3 is 5.21 Å². The average Bonchev–Trinajstić information content (AvgIpc) is 2.73. The van der Waals surface area contributed by atoms with Crippen LogP contribution in [0, 0.1) is 16.8 Å². The molecule has 0 fully saturated rings. The van der Waals surface area contributed by atoms with E-state index in [1.54, 1.807) is 62.4 Å². The summed E-state index contributed by atoms with van der Waals surface area (Å²) in [5, 5.41) is 17.5. The van der Waals surface area contributed by atoms with Crippen LogP contribution in [0.2, 0.25) is 0 Å². The fourth-order valence-electron chi connectivity index (χ4n) is 3.30. The van der Waals surface area contributed by atoms with Crippen molar-refractivity contribution in [2.24, 2.45) is 0 Å². The second-order valence-corrected chi connectivity index (χ2v) is 7.45. The minimum atomic E-state index is -0.806. The molecule has 0 amide bonds. The molecule has 0 aliphatic rings. The summed E-state index contributed by atoms with van der Waals surface area (Å²) in [5.74, 6) is -1.61. The molecule has 3 aromatic carbocycles. The fourth-order valence-corrected chi connectivity index (χ4v) is 3.30. The Labute approximate surface area is 177 Å². The maximum atomic E-state index is 13.8. The molecular weight excluding hydrogens is 400 g/mol. The lowest BCUT2D eigenvalue weighted by molar-refractivity contribution is -0.487. The lowest BCUT2D eigenvalue weighted by atomic mass is 10.0. The van der Waals surface area contributed by atoms with Crippen molar-refractivity contribution in [1.29, 1.82) is 0 Å². The highest BCUT2D eigenvalue weighted by Gasteiger charge is 2.15. The summed E-state index contributed by atoms with van der Waals surface area (Å²) >= 11 is 0. The van der Waals surface area contributed by atoms with E-state index >= 15 is 0 Å². The molecule has 4 aromatic rings. The number of rotatable bonds is 4. The van der Waals surface area contributed by atoms with E-state index < -0.39 is 17.2 Å². The van der Waals surface area contributed by atoms with Crippen LogP contribution < -0.4 is 5.56 Å². The lowest BCUT2D eigenvalue weighted by Gasteiger charge is -2.12. The van der Waals surface area contributed by atoms with Crippen LogP contribution in [0.3, 0.4) is 0 Å². The van der Waals surface area contributed by atoms with E-state index in [-0.39, 0.29) is 11.7 Å². The van der Waals surface area contributed by atoms with E-state index in [1.165, 1.54) is 6.21 Å². The summed E-state index contributed by atoms with van der Waals surface area (Å²) < 4.78 is 29.4. The largest absolute Gasteiger partial charge is 0.624 e. The molecule has 0 atom stereocenters. The van der Waals surface area contributed by atoms with Gasteiger partial charge in [-0.3, -0.25) is 4.79 Å². The normalized spacial score (nSPS) is 12.0. The topological polar surface area (TPSA) is 61.0 Å². The van der Waals surface area contributed by atoms with Crippen LogP contribution in [-0.2, 0) is 0 Å². The van der Waals surface area contributed by atoms with Gasteiger partial charge in [-0.15, -0.1) is 0 Å². The predicted molar refractivity (Wildman–Crippen MR) is 117 cm³/mol. The molecule has 0 N–H and O–H groups in total. The second kappa shape index (κ2) is 8.10. The van der Waals surface area contributed by atoms with Gasteiger partial charge in [0.2, 0.25) is 0 Å². The maximum Gasteiger partial charge on any atom is 0.279 e. The van der Waals surface area contributed by atoms with Gasteiger partial charge in [0.15, 0.2) is 12.3 Å². The summed E-state index contributed by atoms with van der Waals surface area (Å²) in [7, 11) is 0. The summed E-state index contributed by atoms with van der Waals surface area (Å²) in [5.41, 5.74) is 1.28. The number of hydrogen-bond acceptors (Lipinski definition) is 3. The van der Waals surface area contributed by atoms with Crippen LogP contribution in [0.25, 0.3) is 27.7 Å². The molecule has 4 rings (SSSR count). The third-order valence-electron chi connectivity index (χ3n) is 4.84. The Bertz CT molecular complexity index is 1360. The third-order valence-corrected chi connectivity index (χ3v) is 4.84. The Morgan fingerprint density at radius 2 is 1.65 bits per heavy atom. The van der Waals surface area contributed by atoms with Crippen molar-refractivity contribution in [3.8, 4) is 16.9 Å². The van der Waals surface area contributed by atoms with Crippen molar-refractivity contribution in [3.05, 3.63) is 99.5 Å². The van der Waals surface area contributed by atoms with E-state index in [4.69, 9.17) is 0 Å². The number of nitrogens with zero attached hydrogens (tertiary/aromatic N) is 3. The van der Waals surface area contributed by atoms with Crippen molar-refractivity contribution in [2.75, 3.05) is 0 Å². The molecule has 0 bridgehead atoms. The summed E-state index contributed by atoms with van der Waals surface area (Å²) in [6.07, 6.45) is 1.48. The van der Waals surface area contributed by atoms with Crippen molar-refractivity contribution in [3.63, 3.8) is 0 Å². The third kappa shape index (κ3) is 4.07. The van der Waals surface area contributed by atoms with Crippen LogP contribution in [0.1, 0.15) is 19.4 Å². The van der Waals surface area contributed by atoms with E-state index in [1.807, 2.05) is 0 Å². The van der Waals surface area contributed by atoms with E-state index in [9.17, 15) is 18.8 Å². The Hall–Kier alpha value is -3.87. The monoisotopic (exact) mass is 419 g/mol. The highest BCUT2D eigenvalue weighted by atomic mass is 19.1. The van der Waals surface area contributed by atoms with Gasteiger partial charge in [0.05, 0.1) is 16.8 Å². The molecular formula is C24H19F2N3O2. The summed E-state index contributed by atoms with van der Waals surface area (Å²) in [6, 6.07) is 16.7. The Kier molecular flexibility index (Phi) is 5.33. The minimum absolute atomic E-state index is 0.0113. The van der Waals surface area contributed by atoms with Gasteiger partial charge in [-0.25, -0.2) is 13.5 Å². The van der Waals surface area contributed by atoms with Gasteiger partial charge in [0, 0.05) is 22.6 Å². The smallest absolute Gasteiger partial charge is 0.279 e. The van der Waals surface area contributed by atoms with Crippen LogP contribution in [-0.4, -0.2) is 26.8 Å². The highest BCUT2D eigenvalue weighted by molar-refractivity contribution is 5.94. The quantitative estimate of drug-likeness (QED) is 0.209. The van der Waals surface area contributed by atoms with Crippen molar-refractivity contribution >= 4 is 17.0 Å². The number of hydrogen-bond donors (Lipinski definition) is 0. The molecule has 0 saturated heterocycles. The molecule has 0 unspecified atom stereocenters. The van der Waals surface area contributed by atoms with Crippen molar-refractivity contribution in [2.45, 2.75) is 19.9 Å². The highest BCUT2D eigenvalue weighted by Crippen LogP contribution is 2.26. The van der Waals surface area contributed by atoms with Crippen molar-refractivity contribution in [1.82, 2.24) is 9.78 Å². The van der Waals surface area contributed by atoms with Crippen LogP contribution in [0.15, 0.2) is 71.5 Å². The van der Waals surface area contributed by atoms with Gasteiger partial charge in [0.1, 0.15) is 11.6 Å². The minimum Gasteiger partial charge on any atom is -0.624 e. The molecule has 1 aromatic heterocycles. The summed E-state index contributed by atoms with van der Waals surface area (Å²) in [6.45, 7) is 3.58. The molecule has 0 aliphatic carbocycles. The van der Waals surface area contributed by atoms with Gasteiger partial charge in [-0.05, 0) is 44.2 Å². The molecule has 31 heavy (non-hydrogen) atoms. The number of benzene rings is 3. The van der Waals surface area contributed by atoms with Gasteiger partial charge in [0.25, 0.3) is 5.56 Å². The first-order valence-electron chi connectivity index (χ1n) is 9.73.